The number of aryl methyl sites for hydroxylation is 3. The molecule has 7 aliphatic rings. The molecule has 0 saturated heterocycles. The second-order valence-corrected chi connectivity index (χ2v) is 15.7. The second kappa shape index (κ2) is 12.0. The fourth-order valence-electron chi connectivity index (χ4n) is 10.6. The van der Waals surface area contributed by atoms with Crippen molar-refractivity contribution in [2.75, 3.05) is 0 Å². The molecular formula is C50H46. The molecule has 7 aliphatic carbocycles. The lowest BCUT2D eigenvalue weighted by molar-refractivity contribution is 0.649. The summed E-state index contributed by atoms with van der Waals surface area (Å²) in [5.41, 5.74) is 26.1. The molecule has 50 heavy (non-hydrogen) atoms. The predicted molar refractivity (Wildman–Crippen MR) is 212 cm³/mol. The monoisotopic (exact) mass is 646 g/mol. The van der Waals surface area contributed by atoms with E-state index in [2.05, 4.69) is 129 Å². The summed E-state index contributed by atoms with van der Waals surface area (Å²) in [6.07, 6.45) is 34.2. The molecule has 3 aromatic carbocycles. The Morgan fingerprint density at radius 2 is 1.54 bits per heavy atom. The summed E-state index contributed by atoms with van der Waals surface area (Å²) in [4.78, 5) is 0. The predicted octanol–water partition coefficient (Wildman–Crippen LogP) is 12.8. The Morgan fingerprint density at radius 3 is 2.48 bits per heavy atom. The molecule has 0 aliphatic heterocycles. The van der Waals surface area contributed by atoms with Crippen molar-refractivity contribution in [1.29, 1.82) is 0 Å². The molecule has 0 heterocycles. The number of hydrogen-bond donors (Lipinski definition) is 0. The van der Waals surface area contributed by atoms with Gasteiger partial charge in [0.25, 0.3) is 0 Å². The van der Waals surface area contributed by atoms with E-state index in [-0.39, 0.29) is 0 Å². The van der Waals surface area contributed by atoms with Crippen molar-refractivity contribution < 1.29 is 0 Å². The van der Waals surface area contributed by atoms with Crippen LogP contribution in [0.2, 0.25) is 0 Å². The first kappa shape index (κ1) is 30.2. The van der Waals surface area contributed by atoms with E-state index in [1.165, 1.54) is 55.7 Å². The molecule has 0 saturated carbocycles. The fraction of sp³-hybridized carbons (Fsp3) is 0.280. The van der Waals surface area contributed by atoms with Crippen molar-refractivity contribution >= 4 is 23.3 Å². The highest BCUT2D eigenvalue weighted by Crippen LogP contribution is 2.57. The summed E-state index contributed by atoms with van der Waals surface area (Å²) in [6.45, 7) is 4.74. The molecule has 0 aromatic heterocycles. The highest BCUT2D eigenvalue weighted by atomic mass is 14.4. The summed E-state index contributed by atoms with van der Waals surface area (Å²) in [5, 5.41) is 0. The van der Waals surface area contributed by atoms with Crippen LogP contribution in [0.1, 0.15) is 108 Å². The Morgan fingerprint density at radius 1 is 0.680 bits per heavy atom. The molecule has 246 valence electrons. The van der Waals surface area contributed by atoms with Crippen LogP contribution in [-0.4, -0.2) is 0 Å². The van der Waals surface area contributed by atoms with E-state index < -0.39 is 0 Å². The van der Waals surface area contributed by atoms with E-state index in [1.807, 2.05) is 0 Å². The topological polar surface area (TPSA) is 0 Å². The molecule has 0 fully saturated rings. The maximum Gasteiger partial charge on any atom is 0.0145 e. The lowest BCUT2D eigenvalue weighted by Gasteiger charge is -2.42. The molecule has 0 spiro atoms. The molecule has 0 amide bonds. The van der Waals surface area contributed by atoms with E-state index in [0.29, 0.717) is 17.8 Å². The van der Waals surface area contributed by atoms with Crippen LogP contribution in [-0.2, 0) is 12.8 Å². The van der Waals surface area contributed by atoms with Crippen LogP contribution >= 0.6 is 0 Å². The average molecular weight is 647 g/mol. The number of hydrogen-bond acceptors (Lipinski definition) is 0. The highest BCUT2D eigenvalue weighted by molar-refractivity contribution is 5.85. The van der Waals surface area contributed by atoms with Gasteiger partial charge in [-0.15, -0.1) is 0 Å². The van der Waals surface area contributed by atoms with Gasteiger partial charge in [0.1, 0.15) is 0 Å². The summed E-state index contributed by atoms with van der Waals surface area (Å²) < 4.78 is 0. The quantitative estimate of drug-likeness (QED) is 0.266. The van der Waals surface area contributed by atoms with E-state index in [4.69, 9.17) is 0 Å². The molecule has 0 heteroatoms. The molecule has 3 aromatic rings. The first-order valence-electron chi connectivity index (χ1n) is 19.2. The molecule has 3 atom stereocenters. The summed E-state index contributed by atoms with van der Waals surface area (Å²) in [6, 6.07) is 21.6. The van der Waals surface area contributed by atoms with Gasteiger partial charge in [-0.3, -0.25) is 0 Å². The van der Waals surface area contributed by atoms with Gasteiger partial charge in [0.15, 0.2) is 0 Å². The maximum absolute atomic E-state index is 2.67. The van der Waals surface area contributed by atoms with Crippen molar-refractivity contribution in [3.63, 3.8) is 0 Å². The minimum Gasteiger partial charge on any atom is -0.0836 e. The second-order valence-electron chi connectivity index (χ2n) is 15.7. The van der Waals surface area contributed by atoms with Gasteiger partial charge >= 0.3 is 0 Å². The molecule has 0 N–H and O–H groups in total. The number of fused-ring (bicyclic) bond motifs is 6. The Hall–Kier alpha value is -4.68. The molecule has 3 unspecified atom stereocenters. The normalized spacial score (nSPS) is 24.6. The van der Waals surface area contributed by atoms with Gasteiger partial charge in [0.2, 0.25) is 0 Å². The molecule has 0 nitrogen and oxygen atoms in total. The van der Waals surface area contributed by atoms with Crippen molar-refractivity contribution in [3.8, 4) is 0 Å². The Labute approximate surface area is 298 Å². The number of benzene rings is 3. The molecule has 10 rings (SSSR count). The maximum atomic E-state index is 2.67. The Kier molecular flexibility index (Phi) is 7.23. The third kappa shape index (κ3) is 4.79. The third-order valence-corrected chi connectivity index (χ3v) is 13.0. The number of rotatable bonds is 3. The van der Waals surface area contributed by atoms with Gasteiger partial charge in [0.05, 0.1) is 0 Å². The Bertz CT molecular complexity index is 2260. The van der Waals surface area contributed by atoms with E-state index in [1.54, 1.807) is 39.0 Å². The molecular weight excluding hydrogens is 601 g/mol. The summed E-state index contributed by atoms with van der Waals surface area (Å²) in [5.74, 6) is 1.23. The van der Waals surface area contributed by atoms with Crippen LogP contribution in [0.4, 0.5) is 0 Å². The fourth-order valence-corrected chi connectivity index (χ4v) is 10.6. The van der Waals surface area contributed by atoms with Crippen LogP contribution in [0.3, 0.4) is 0 Å². The average Bonchev–Trinajstić information content (AvgIpc) is 3.17. The Balaban J connectivity index is 1.17. The van der Waals surface area contributed by atoms with Gasteiger partial charge in [0, 0.05) is 17.8 Å². The largest absolute Gasteiger partial charge is 0.0836 e. The SMILES string of the molecule is CC1=CCC2C=CC=CC2=C1C1CC2=C(CC(c3c(C)ccc4c3C=CCC4)c3ccccc32)C2=C1C=C(c1ccc3c(c1)CCC=C3)CC2. The van der Waals surface area contributed by atoms with Crippen molar-refractivity contribution in [2.45, 2.75) is 77.6 Å². The van der Waals surface area contributed by atoms with Gasteiger partial charge in [-0.2, -0.15) is 0 Å². The first-order valence-corrected chi connectivity index (χ1v) is 19.2. The smallest absolute Gasteiger partial charge is 0.0145 e. The van der Waals surface area contributed by atoms with Gasteiger partial charge < -0.3 is 0 Å². The van der Waals surface area contributed by atoms with Gasteiger partial charge in [-0.05, 0) is 161 Å². The lowest BCUT2D eigenvalue weighted by Crippen LogP contribution is -2.26. The third-order valence-electron chi connectivity index (χ3n) is 13.0. The summed E-state index contributed by atoms with van der Waals surface area (Å²) in [7, 11) is 0. The minimum atomic E-state index is 0.364. The van der Waals surface area contributed by atoms with Crippen molar-refractivity contribution in [2.24, 2.45) is 11.8 Å². The zero-order chi connectivity index (χ0) is 33.3. The van der Waals surface area contributed by atoms with Crippen LogP contribution in [0.5, 0.6) is 0 Å². The van der Waals surface area contributed by atoms with Crippen LogP contribution in [0.25, 0.3) is 23.3 Å². The first-order chi connectivity index (χ1) is 24.6. The van der Waals surface area contributed by atoms with Crippen molar-refractivity contribution in [1.82, 2.24) is 0 Å². The zero-order valence-electron chi connectivity index (χ0n) is 29.6. The van der Waals surface area contributed by atoms with E-state index in [9.17, 15) is 0 Å². The lowest BCUT2D eigenvalue weighted by atomic mass is 9.61. The van der Waals surface area contributed by atoms with Crippen LogP contribution in [0.15, 0.2) is 137 Å². The molecule has 0 radical (unpaired) electrons. The van der Waals surface area contributed by atoms with Gasteiger partial charge in [-0.1, -0.05) is 121 Å². The standard InChI is InChI=1S/C50H46/c1-31-19-21-34-12-5-7-15-39(34)49(31)47-29-46-43-26-25-38(37-24-23-33-11-3-4-14-36(33)27-37)28-44(43)48(30-45(46)41-17-9-10-18-42(41)47)50-32(2)20-22-35-13-6-8-16-40(35)50/h3,6-11,13,15-21,23-24,27-28,35,47-48H,4-5,12,14,22,25-26,29-30H2,1-2H3. The summed E-state index contributed by atoms with van der Waals surface area (Å²) >= 11 is 0. The van der Waals surface area contributed by atoms with E-state index >= 15 is 0 Å². The van der Waals surface area contributed by atoms with Crippen LogP contribution in [0, 0.1) is 18.8 Å². The van der Waals surface area contributed by atoms with E-state index in [0.717, 1.165) is 57.8 Å². The highest BCUT2D eigenvalue weighted by Gasteiger charge is 2.40. The van der Waals surface area contributed by atoms with Crippen molar-refractivity contribution in [3.05, 3.63) is 187 Å². The van der Waals surface area contributed by atoms with Crippen LogP contribution < -0.4 is 0 Å². The number of allylic oxidation sites excluding steroid dienone is 16. The minimum absolute atomic E-state index is 0.364. The zero-order valence-corrected chi connectivity index (χ0v) is 29.6. The molecule has 0 bridgehead atoms. The van der Waals surface area contributed by atoms with Gasteiger partial charge in [-0.25, -0.2) is 0 Å².